The van der Waals surface area contributed by atoms with Gasteiger partial charge in [0.25, 0.3) is 0 Å². The fourth-order valence-electron chi connectivity index (χ4n) is 1.81. The van der Waals surface area contributed by atoms with Gasteiger partial charge in [0, 0.05) is 26.4 Å². The van der Waals surface area contributed by atoms with Crippen LogP contribution in [0.4, 0.5) is 0 Å². The molecule has 0 amide bonds. The second-order valence-corrected chi connectivity index (χ2v) is 4.36. The molecular formula is C15H20N2O2. The molecule has 0 fully saturated rings. The molecule has 102 valence electrons. The summed E-state index contributed by atoms with van der Waals surface area (Å²) in [7, 11) is 0. The van der Waals surface area contributed by atoms with Crippen LogP contribution in [0.15, 0.2) is 30.3 Å². The van der Waals surface area contributed by atoms with Crippen LogP contribution < -0.4 is 0 Å². The Morgan fingerprint density at radius 1 is 1.32 bits per heavy atom. The Labute approximate surface area is 114 Å². The third-order valence-corrected chi connectivity index (χ3v) is 2.72. The fraction of sp³-hybridized carbons (Fsp3) is 0.467. The second kappa shape index (κ2) is 9.12. The number of rotatable bonds is 8. The molecule has 0 radical (unpaired) electrons. The lowest BCUT2D eigenvalue weighted by molar-refractivity contribution is -0.141. The standard InChI is InChI=1S/C15H20N2O2/c1-14(18)19-12-11-17(10-6-5-9-16)13-15-7-3-2-4-8-15/h2-4,7-8H,5-6,10-13H2,1H3. The lowest BCUT2D eigenvalue weighted by Crippen LogP contribution is -2.28. The zero-order chi connectivity index (χ0) is 13.9. The number of esters is 1. The molecule has 4 nitrogen and oxygen atoms in total. The van der Waals surface area contributed by atoms with Crippen LogP contribution in [0.3, 0.4) is 0 Å². The normalized spacial score (nSPS) is 10.2. The van der Waals surface area contributed by atoms with Gasteiger partial charge in [-0.1, -0.05) is 30.3 Å². The van der Waals surface area contributed by atoms with Crippen molar-refractivity contribution in [2.45, 2.75) is 26.3 Å². The maximum absolute atomic E-state index is 10.8. The van der Waals surface area contributed by atoms with Gasteiger partial charge in [0.15, 0.2) is 0 Å². The van der Waals surface area contributed by atoms with Crippen molar-refractivity contribution in [2.75, 3.05) is 19.7 Å². The van der Waals surface area contributed by atoms with Crippen LogP contribution in [0, 0.1) is 11.3 Å². The number of benzene rings is 1. The van der Waals surface area contributed by atoms with Crippen LogP contribution in [0.2, 0.25) is 0 Å². The molecule has 0 unspecified atom stereocenters. The van der Waals surface area contributed by atoms with Gasteiger partial charge in [-0.25, -0.2) is 0 Å². The van der Waals surface area contributed by atoms with Gasteiger partial charge in [0.05, 0.1) is 6.07 Å². The summed E-state index contributed by atoms with van der Waals surface area (Å²) in [4.78, 5) is 13.0. The maximum atomic E-state index is 10.8. The molecule has 0 aliphatic rings. The van der Waals surface area contributed by atoms with Crippen molar-refractivity contribution in [1.29, 1.82) is 5.26 Å². The predicted molar refractivity (Wildman–Crippen MR) is 73.2 cm³/mol. The lowest BCUT2D eigenvalue weighted by atomic mass is 10.2. The third kappa shape index (κ3) is 7.22. The molecule has 0 N–H and O–H groups in total. The summed E-state index contributed by atoms with van der Waals surface area (Å²) in [5, 5.41) is 8.58. The minimum atomic E-state index is -0.253. The summed E-state index contributed by atoms with van der Waals surface area (Å²) in [5.74, 6) is -0.253. The molecule has 1 rings (SSSR count). The van der Waals surface area contributed by atoms with E-state index in [1.165, 1.54) is 12.5 Å². The molecule has 0 atom stereocenters. The summed E-state index contributed by atoms with van der Waals surface area (Å²) in [6.45, 7) is 4.16. The van der Waals surface area contributed by atoms with E-state index >= 15 is 0 Å². The highest BCUT2D eigenvalue weighted by Crippen LogP contribution is 2.05. The van der Waals surface area contributed by atoms with Crippen molar-refractivity contribution < 1.29 is 9.53 Å². The van der Waals surface area contributed by atoms with E-state index < -0.39 is 0 Å². The first-order chi connectivity index (χ1) is 9.22. The van der Waals surface area contributed by atoms with E-state index in [0.29, 0.717) is 19.6 Å². The minimum absolute atomic E-state index is 0.253. The highest BCUT2D eigenvalue weighted by atomic mass is 16.5. The van der Waals surface area contributed by atoms with Gasteiger partial charge >= 0.3 is 5.97 Å². The van der Waals surface area contributed by atoms with E-state index in [1.807, 2.05) is 18.2 Å². The summed E-state index contributed by atoms with van der Waals surface area (Å²) < 4.78 is 4.97. The molecule has 0 aliphatic carbocycles. The number of hydrogen-bond acceptors (Lipinski definition) is 4. The molecule has 1 aromatic rings. The number of unbranched alkanes of at least 4 members (excludes halogenated alkanes) is 1. The van der Waals surface area contributed by atoms with E-state index in [4.69, 9.17) is 10.00 Å². The van der Waals surface area contributed by atoms with Gasteiger partial charge in [-0.05, 0) is 18.5 Å². The van der Waals surface area contributed by atoms with Gasteiger partial charge in [0.2, 0.25) is 0 Å². The van der Waals surface area contributed by atoms with Crippen LogP contribution in [-0.4, -0.2) is 30.6 Å². The number of carbonyl (C=O) groups is 1. The quantitative estimate of drug-likeness (QED) is 0.532. The number of hydrogen-bond donors (Lipinski definition) is 0. The molecule has 19 heavy (non-hydrogen) atoms. The molecule has 0 saturated heterocycles. The van der Waals surface area contributed by atoms with Crippen molar-refractivity contribution in [1.82, 2.24) is 4.90 Å². The summed E-state index contributed by atoms with van der Waals surface area (Å²) in [5.41, 5.74) is 1.22. The number of carbonyl (C=O) groups excluding carboxylic acids is 1. The fourth-order valence-corrected chi connectivity index (χ4v) is 1.81. The number of ether oxygens (including phenoxy) is 1. The molecule has 0 bridgehead atoms. The molecule has 4 heteroatoms. The van der Waals surface area contributed by atoms with E-state index in [2.05, 4.69) is 23.1 Å². The maximum Gasteiger partial charge on any atom is 0.302 e. The second-order valence-electron chi connectivity index (χ2n) is 4.36. The smallest absolute Gasteiger partial charge is 0.302 e. The Bertz CT molecular complexity index is 412. The van der Waals surface area contributed by atoms with Gasteiger partial charge in [-0.2, -0.15) is 5.26 Å². The van der Waals surface area contributed by atoms with E-state index in [1.54, 1.807) is 0 Å². The van der Waals surface area contributed by atoms with Crippen molar-refractivity contribution in [2.24, 2.45) is 0 Å². The zero-order valence-corrected chi connectivity index (χ0v) is 11.3. The molecule has 0 aromatic heterocycles. The van der Waals surface area contributed by atoms with Gasteiger partial charge in [0.1, 0.15) is 6.61 Å². The first kappa shape index (κ1) is 15.2. The highest BCUT2D eigenvalue weighted by molar-refractivity contribution is 5.65. The molecule has 0 heterocycles. The molecule has 0 spiro atoms. The Balaban J connectivity index is 2.44. The van der Waals surface area contributed by atoms with E-state index in [-0.39, 0.29) is 5.97 Å². The molecule has 0 saturated carbocycles. The monoisotopic (exact) mass is 260 g/mol. The van der Waals surface area contributed by atoms with Gasteiger partial charge in [-0.3, -0.25) is 9.69 Å². The predicted octanol–water partition coefficient (Wildman–Crippen LogP) is 2.36. The Morgan fingerprint density at radius 3 is 2.68 bits per heavy atom. The van der Waals surface area contributed by atoms with Crippen LogP contribution >= 0.6 is 0 Å². The Morgan fingerprint density at radius 2 is 2.05 bits per heavy atom. The largest absolute Gasteiger partial charge is 0.465 e. The van der Waals surface area contributed by atoms with Gasteiger partial charge in [-0.15, -0.1) is 0 Å². The van der Waals surface area contributed by atoms with Crippen LogP contribution in [0.25, 0.3) is 0 Å². The Kier molecular flexibility index (Phi) is 7.30. The summed E-state index contributed by atoms with van der Waals surface area (Å²) >= 11 is 0. The summed E-state index contributed by atoms with van der Waals surface area (Å²) in [6, 6.07) is 12.3. The van der Waals surface area contributed by atoms with E-state index in [0.717, 1.165) is 19.5 Å². The molecule has 0 aliphatic heterocycles. The van der Waals surface area contributed by atoms with Gasteiger partial charge < -0.3 is 4.74 Å². The van der Waals surface area contributed by atoms with E-state index in [9.17, 15) is 4.79 Å². The van der Waals surface area contributed by atoms with Crippen molar-refractivity contribution in [3.8, 4) is 6.07 Å². The lowest BCUT2D eigenvalue weighted by Gasteiger charge is -2.21. The number of nitrogens with zero attached hydrogens (tertiary/aromatic N) is 2. The Hall–Kier alpha value is -1.86. The van der Waals surface area contributed by atoms with Crippen LogP contribution in [-0.2, 0) is 16.1 Å². The van der Waals surface area contributed by atoms with Crippen LogP contribution in [0.1, 0.15) is 25.3 Å². The number of nitriles is 1. The first-order valence-corrected chi connectivity index (χ1v) is 6.49. The average molecular weight is 260 g/mol. The average Bonchev–Trinajstić information content (AvgIpc) is 2.39. The topological polar surface area (TPSA) is 53.3 Å². The summed E-state index contributed by atoms with van der Waals surface area (Å²) in [6.07, 6.45) is 1.39. The zero-order valence-electron chi connectivity index (χ0n) is 11.3. The van der Waals surface area contributed by atoms with Crippen LogP contribution in [0.5, 0.6) is 0 Å². The van der Waals surface area contributed by atoms with Crippen molar-refractivity contribution in [3.05, 3.63) is 35.9 Å². The minimum Gasteiger partial charge on any atom is -0.465 e. The third-order valence-electron chi connectivity index (χ3n) is 2.72. The highest BCUT2D eigenvalue weighted by Gasteiger charge is 2.06. The molecular weight excluding hydrogens is 240 g/mol. The molecule has 1 aromatic carbocycles. The van der Waals surface area contributed by atoms with Crippen molar-refractivity contribution >= 4 is 5.97 Å². The first-order valence-electron chi connectivity index (χ1n) is 6.49. The SMILES string of the molecule is CC(=O)OCCN(CCCC#N)Cc1ccccc1. The van der Waals surface area contributed by atoms with Crippen molar-refractivity contribution in [3.63, 3.8) is 0 Å².